The number of carbonyl (C=O) groups excluding carboxylic acids is 1. The van der Waals surface area contributed by atoms with E-state index in [2.05, 4.69) is 4.74 Å². The second-order valence-corrected chi connectivity index (χ2v) is 3.62. The SMILES string of the molecule is CCCOC(=O)/C=C/c1ccc(OC(F)(F)F)cc1. The Kier molecular flexibility index (Phi) is 5.41. The number of benzene rings is 1. The zero-order chi connectivity index (χ0) is 14.3. The molecule has 0 aromatic heterocycles. The molecule has 0 bridgehead atoms. The maximum absolute atomic E-state index is 11.9. The number of alkyl halides is 3. The van der Waals surface area contributed by atoms with E-state index in [4.69, 9.17) is 4.74 Å². The number of ether oxygens (including phenoxy) is 2. The molecule has 0 atom stereocenters. The molecule has 1 rings (SSSR count). The van der Waals surface area contributed by atoms with E-state index in [1.807, 2.05) is 6.92 Å². The van der Waals surface area contributed by atoms with Crippen molar-refractivity contribution in [3.05, 3.63) is 35.9 Å². The van der Waals surface area contributed by atoms with Gasteiger partial charge < -0.3 is 9.47 Å². The fourth-order valence-corrected chi connectivity index (χ4v) is 1.20. The first-order valence-corrected chi connectivity index (χ1v) is 5.61. The first kappa shape index (κ1) is 15.1. The second kappa shape index (κ2) is 6.82. The molecule has 6 heteroatoms. The van der Waals surface area contributed by atoms with E-state index < -0.39 is 12.3 Å². The van der Waals surface area contributed by atoms with Gasteiger partial charge in [-0.2, -0.15) is 0 Å². The Hall–Kier alpha value is -1.98. The van der Waals surface area contributed by atoms with Gasteiger partial charge in [-0.3, -0.25) is 0 Å². The third-order valence-corrected chi connectivity index (χ3v) is 1.97. The summed E-state index contributed by atoms with van der Waals surface area (Å²) in [4.78, 5) is 11.1. The molecule has 0 saturated carbocycles. The molecule has 0 saturated heterocycles. The Morgan fingerprint density at radius 1 is 1.26 bits per heavy atom. The summed E-state index contributed by atoms with van der Waals surface area (Å²) in [5, 5.41) is 0. The molecule has 0 amide bonds. The molecular weight excluding hydrogens is 261 g/mol. The summed E-state index contributed by atoms with van der Waals surface area (Å²) in [7, 11) is 0. The summed E-state index contributed by atoms with van der Waals surface area (Å²) >= 11 is 0. The van der Waals surface area contributed by atoms with Crippen molar-refractivity contribution in [1.29, 1.82) is 0 Å². The quantitative estimate of drug-likeness (QED) is 0.608. The van der Waals surface area contributed by atoms with E-state index in [0.717, 1.165) is 6.42 Å². The van der Waals surface area contributed by atoms with Crippen LogP contribution in [0, 0.1) is 0 Å². The Balaban J connectivity index is 2.57. The molecular formula is C13H13F3O3. The zero-order valence-corrected chi connectivity index (χ0v) is 10.2. The van der Waals surface area contributed by atoms with Crippen molar-refractivity contribution in [1.82, 2.24) is 0 Å². The molecule has 0 heterocycles. The van der Waals surface area contributed by atoms with Crippen LogP contribution in [0.2, 0.25) is 0 Å². The van der Waals surface area contributed by atoms with Crippen molar-refractivity contribution in [3.63, 3.8) is 0 Å². The van der Waals surface area contributed by atoms with Gasteiger partial charge in [0.15, 0.2) is 0 Å². The van der Waals surface area contributed by atoms with Gasteiger partial charge in [-0.15, -0.1) is 13.2 Å². The van der Waals surface area contributed by atoms with E-state index in [9.17, 15) is 18.0 Å². The molecule has 104 valence electrons. The largest absolute Gasteiger partial charge is 0.573 e. The predicted molar refractivity (Wildman–Crippen MR) is 63.4 cm³/mol. The minimum Gasteiger partial charge on any atom is -0.463 e. The standard InChI is InChI=1S/C13H13F3O3/c1-2-9-18-12(17)8-5-10-3-6-11(7-4-10)19-13(14,15)16/h3-8H,2,9H2,1H3/b8-5+. The van der Waals surface area contributed by atoms with Crippen molar-refractivity contribution in [2.75, 3.05) is 6.61 Å². The third kappa shape index (κ3) is 6.49. The molecule has 0 radical (unpaired) electrons. The Bertz CT molecular complexity index is 435. The maximum Gasteiger partial charge on any atom is 0.573 e. The summed E-state index contributed by atoms with van der Waals surface area (Å²) in [6.07, 6.45) is -1.31. The number of hydrogen-bond acceptors (Lipinski definition) is 3. The molecule has 1 aromatic carbocycles. The van der Waals surface area contributed by atoms with Gasteiger partial charge in [-0.05, 0) is 30.2 Å². The lowest BCUT2D eigenvalue weighted by Gasteiger charge is -2.08. The molecule has 0 aliphatic carbocycles. The molecule has 1 aromatic rings. The van der Waals surface area contributed by atoms with Gasteiger partial charge in [0.1, 0.15) is 5.75 Å². The lowest BCUT2D eigenvalue weighted by Crippen LogP contribution is -2.16. The molecule has 0 aliphatic rings. The van der Waals surface area contributed by atoms with E-state index in [-0.39, 0.29) is 5.75 Å². The van der Waals surface area contributed by atoms with Crippen LogP contribution >= 0.6 is 0 Å². The molecule has 0 spiro atoms. The third-order valence-electron chi connectivity index (χ3n) is 1.97. The van der Waals surface area contributed by atoms with Gasteiger partial charge in [-0.25, -0.2) is 4.79 Å². The van der Waals surface area contributed by atoms with E-state index in [0.29, 0.717) is 12.2 Å². The van der Waals surface area contributed by atoms with E-state index >= 15 is 0 Å². The minimum absolute atomic E-state index is 0.307. The predicted octanol–water partition coefficient (Wildman–Crippen LogP) is 3.55. The summed E-state index contributed by atoms with van der Waals surface area (Å²) in [6.45, 7) is 2.21. The lowest BCUT2D eigenvalue weighted by molar-refractivity contribution is -0.274. The molecule has 0 unspecified atom stereocenters. The second-order valence-electron chi connectivity index (χ2n) is 3.62. The van der Waals surface area contributed by atoms with Gasteiger partial charge in [-0.1, -0.05) is 19.1 Å². The fourth-order valence-electron chi connectivity index (χ4n) is 1.20. The van der Waals surface area contributed by atoms with Crippen LogP contribution < -0.4 is 4.74 Å². The van der Waals surface area contributed by atoms with Gasteiger partial charge in [0.25, 0.3) is 0 Å². The van der Waals surface area contributed by atoms with Crippen molar-refractivity contribution in [2.24, 2.45) is 0 Å². The van der Waals surface area contributed by atoms with Crippen LogP contribution in [0.5, 0.6) is 5.75 Å². The van der Waals surface area contributed by atoms with Crippen LogP contribution in [0.3, 0.4) is 0 Å². The highest BCUT2D eigenvalue weighted by molar-refractivity contribution is 5.87. The first-order chi connectivity index (χ1) is 8.90. The van der Waals surface area contributed by atoms with Crippen molar-refractivity contribution >= 4 is 12.0 Å². The van der Waals surface area contributed by atoms with Gasteiger partial charge in [0, 0.05) is 6.08 Å². The highest BCUT2D eigenvalue weighted by Crippen LogP contribution is 2.22. The number of esters is 1. The monoisotopic (exact) mass is 274 g/mol. The summed E-state index contributed by atoms with van der Waals surface area (Å²) in [5.74, 6) is -0.796. The van der Waals surface area contributed by atoms with Gasteiger partial charge >= 0.3 is 12.3 Å². The molecule has 0 N–H and O–H groups in total. The Morgan fingerprint density at radius 2 is 1.89 bits per heavy atom. The van der Waals surface area contributed by atoms with E-state index in [1.54, 1.807) is 0 Å². The van der Waals surface area contributed by atoms with Crippen molar-refractivity contribution in [3.8, 4) is 5.75 Å². The van der Waals surface area contributed by atoms with Crippen molar-refractivity contribution < 1.29 is 27.4 Å². The van der Waals surface area contributed by atoms with Crippen LogP contribution in [-0.2, 0) is 9.53 Å². The minimum atomic E-state index is -4.71. The number of halogens is 3. The number of carbonyl (C=O) groups is 1. The summed E-state index contributed by atoms with van der Waals surface area (Å²) < 4.78 is 44.3. The maximum atomic E-state index is 11.9. The highest BCUT2D eigenvalue weighted by Gasteiger charge is 2.30. The van der Waals surface area contributed by atoms with Gasteiger partial charge in [0.2, 0.25) is 0 Å². The average Bonchev–Trinajstić information content (AvgIpc) is 2.33. The zero-order valence-electron chi connectivity index (χ0n) is 10.2. The van der Waals surface area contributed by atoms with Crippen LogP contribution in [0.4, 0.5) is 13.2 Å². The summed E-state index contributed by atoms with van der Waals surface area (Å²) in [6, 6.07) is 5.16. The molecule has 19 heavy (non-hydrogen) atoms. The normalized spacial score (nSPS) is 11.6. The van der Waals surface area contributed by atoms with E-state index in [1.165, 1.54) is 36.4 Å². The van der Waals surface area contributed by atoms with Gasteiger partial charge in [0.05, 0.1) is 6.61 Å². The highest BCUT2D eigenvalue weighted by atomic mass is 19.4. The topological polar surface area (TPSA) is 35.5 Å². The number of rotatable bonds is 5. The number of hydrogen-bond donors (Lipinski definition) is 0. The first-order valence-electron chi connectivity index (χ1n) is 5.61. The average molecular weight is 274 g/mol. The molecule has 0 aliphatic heterocycles. The van der Waals surface area contributed by atoms with Crippen LogP contribution in [0.1, 0.15) is 18.9 Å². The van der Waals surface area contributed by atoms with Crippen LogP contribution in [0.25, 0.3) is 6.08 Å². The van der Waals surface area contributed by atoms with Crippen molar-refractivity contribution in [2.45, 2.75) is 19.7 Å². The van der Waals surface area contributed by atoms with Crippen LogP contribution in [-0.4, -0.2) is 18.9 Å². The fraction of sp³-hybridized carbons (Fsp3) is 0.308. The molecule has 0 fully saturated rings. The summed E-state index contributed by atoms with van der Waals surface area (Å²) in [5.41, 5.74) is 0.572. The smallest absolute Gasteiger partial charge is 0.463 e. The van der Waals surface area contributed by atoms with Crippen LogP contribution in [0.15, 0.2) is 30.3 Å². The Morgan fingerprint density at radius 3 is 2.42 bits per heavy atom. The Labute approximate surface area is 108 Å². The lowest BCUT2D eigenvalue weighted by atomic mass is 10.2. The molecule has 3 nitrogen and oxygen atoms in total.